The van der Waals surface area contributed by atoms with E-state index in [-0.39, 0.29) is 5.56 Å². The van der Waals surface area contributed by atoms with E-state index < -0.39 is 5.97 Å². The van der Waals surface area contributed by atoms with Crippen molar-refractivity contribution in [1.82, 2.24) is 4.98 Å². The summed E-state index contributed by atoms with van der Waals surface area (Å²) >= 11 is 0. The lowest BCUT2D eigenvalue weighted by atomic mass is 9.98. The number of aromatic carboxylic acids is 1. The van der Waals surface area contributed by atoms with Crippen LogP contribution in [0.5, 0.6) is 0 Å². The molecule has 0 saturated heterocycles. The molecule has 0 spiro atoms. The molecule has 2 aromatic carbocycles. The van der Waals surface area contributed by atoms with E-state index >= 15 is 0 Å². The lowest BCUT2D eigenvalue weighted by Crippen LogP contribution is -2.30. The first-order chi connectivity index (χ1) is 13.2. The lowest BCUT2D eigenvalue weighted by Gasteiger charge is -2.31. The van der Waals surface area contributed by atoms with Gasteiger partial charge in [-0.15, -0.1) is 0 Å². The zero-order valence-corrected chi connectivity index (χ0v) is 14.6. The molecule has 5 nitrogen and oxygen atoms in total. The van der Waals surface area contributed by atoms with Gasteiger partial charge >= 0.3 is 5.97 Å². The van der Waals surface area contributed by atoms with Crippen LogP contribution in [0, 0.1) is 11.3 Å². The normalized spacial score (nSPS) is 12.9. The number of carboxylic acid groups (broad SMARTS) is 1. The van der Waals surface area contributed by atoms with Crippen molar-refractivity contribution in [2.24, 2.45) is 0 Å². The standard InChI is InChI=1S/C22H17N3O2/c23-13-19-11-16(20-12-17(22(26)27)7-9-24-20)5-6-21(19)25-10-8-15-3-1-2-4-18(15)14-25/h1-7,9,11-12H,8,10,14H2,(H,26,27). The second kappa shape index (κ2) is 6.93. The fraction of sp³-hybridized carbons (Fsp3) is 0.136. The maximum atomic E-state index is 11.2. The van der Waals surface area contributed by atoms with Crippen molar-refractivity contribution in [2.45, 2.75) is 13.0 Å². The Morgan fingerprint density at radius 1 is 1.11 bits per heavy atom. The lowest BCUT2D eigenvalue weighted by molar-refractivity contribution is 0.0697. The van der Waals surface area contributed by atoms with Crippen molar-refractivity contribution < 1.29 is 9.90 Å². The predicted octanol–water partition coefficient (Wildman–Crippen LogP) is 3.88. The first kappa shape index (κ1) is 16.8. The predicted molar refractivity (Wildman–Crippen MR) is 103 cm³/mol. The van der Waals surface area contributed by atoms with Gasteiger partial charge in [0, 0.05) is 24.8 Å². The molecule has 0 radical (unpaired) electrons. The van der Waals surface area contributed by atoms with Crippen LogP contribution in [-0.2, 0) is 13.0 Å². The Balaban J connectivity index is 1.68. The first-order valence-corrected chi connectivity index (χ1v) is 8.71. The van der Waals surface area contributed by atoms with Crippen LogP contribution in [0.25, 0.3) is 11.3 Å². The molecule has 132 valence electrons. The van der Waals surface area contributed by atoms with E-state index in [4.69, 9.17) is 5.11 Å². The Kier molecular flexibility index (Phi) is 4.31. The third kappa shape index (κ3) is 3.25. The number of pyridine rings is 1. The summed E-state index contributed by atoms with van der Waals surface area (Å²) in [6.45, 7) is 1.63. The van der Waals surface area contributed by atoms with Crippen molar-refractivity contribution in [3.8, 4) is 17.3 Å². The molecule has 0 saturated carbocycles. The second-order valence-electron chi connectivity index (χ2n) is 6.52. The minimum Gasteiger partial charge on any atom is -0.478 e. The molecule has 0 aliphatic carbocycles. The Bertz CT molecular complexity index is 1070. The summed E-state index contributed by atoms with van der Waals surface area (Å²) in [5.74, 6) is -0.997. The number of hydrogen-bond acceptors (Lipinski definition) is 4. The summed E-state index contributed by atoms with van der Waals surface area (Å²) in [5.41, 5.74) is 5.55. The van der Waals surface area contributed by atoms with Gasteiger partial charge in [-0.25, -0.2) is 4.79 Å². The SMILES string of the molecule is N#Cc1cc(-c2cc(C(=O)O)ccn2)ccc1N1CCc2ccccc2C1. The van der Waals surface area contributed by atoms with E-state index in [1.807, 2.05) is 18.2 Å². The van der Waals surface area contributed by atoms with Crippen molar-refractivity contribution in [3.63, 3.8) is 0 Å². The molecule has 1 N–H and O–H groups in total. The van der Waals surface area contributed by atoms with Crippen molar-refractivity contribution >= 4 is 11.7 Å². The summed E-state index contributed by atoms with van der Waals surface area (Å²) in [6, 6.07) is 19.2. The summed E-state index contributed by atoms with van der Waals surface area (Å²) < 4.78 is 0. The highest BCUT2D eigenvalue weighted by molar-refractivity contribution is 5.89. The molecule has 5 heteroatoms. The largest absolute Gasteiger partial charge is 0.478 e. The Labute approximate surface area is 157 Å². The topological polar surface area (TPSA) is 77.2 Å². The summed E-state index contributed by atoms with van der Waals surface area (Å²) in [4.78, 5) is 17.6. The highest BCUT2D eigenvalue weighted by Crippen LogP contribution is 2.30. The number of fused-ring (bicyclic) bond motifs is 1. The zero-order chi connectivity index (χ0) is 18.8. The Hall–Kier alpha value is -3.65. The number of carbonyl (C=O) groups is 1. The highest BCUT2D eigenvalue weighted by atomic mass is 16.4. The molecule has 3 aromatic rings. The van der Waals surface area contributed by atoms with E-state index in [0.717, 1.165) is 30.8 Å². The quantitative estimate of drug-likeness (QED) is 0.771. The highest BCUT2D eigenvalue weighted by Gasteiger charge is 2.19. The number of carboxylic acids is 1. The number of nitrogens with zero attached hydrogens (tertiary/aromatic N) is 3. The van der Waals surface area contributed by atoms with E-state index in [1.54, 1.807) is 6.07 Å². The molecule has 0 amide bonds. The van der Waals surface area contributed by atoms with Crippen LogP contribution in [0.2, 0.25) is 0 Å². The van der Waals surface area contributed by atoms with Gasteiger partial charge in [-0.1, -0.05) is 30.3 Å². The molecule has 1 aliphatic rings. The monoisotopic (exact) mass is 355 g/mol. The molecule has 0 fully saturated rings. The molecule has 0 atom stereocenters. The van der Waals surface area contributed by atoms with Crippen molar-refractivity contribution in [2.75, 3.05) is 11.4 Å². The van der Waals surface area contributed by atoms with Crippen LogP contribution < -0.4 is 4.90 Å². The van der Waals surface area contributed by atoms with Gasteiger partial charge in [0.25, 0.3) is 0 Å². The smallest absolute Gasteiger partial charge is 0.335 e. The third-order valence-corrected chi connectivity index (χ3v) is 4.89. The molecule has 27 heavy (non-hydrogen) atoms. The van der Waals surface area contributed by atoms with E-state index in [9.17, 15) is 10.1 Å². The number of hydrogen-bond donors (Lipinski definition) is 1. The molecule has 1 aliphatic heterocycles. The van der Waals surface area contributed by atoms with Crippen LogP contribution in [0.3, 0.4) is 0 Å². The fourth-order valence-corrected chi connectivity index (χ4v) is 3.48. The minimum absolute atomic E-state index is 0.176. The van der Waals surface area contributed by atoms with Gasteiger partial charge in [0.05, 0.1) is 22.5 Å². The van der Waals surface area contributed by atoms with Gasteiger partial charge in [0.2, 0.25) is 0 Å². The third-order valence-electron chi connectivity index (χ3n) is 4.89. The maximum Gasteiger partial charge on any atom is 0.335 e. The Morgan fingerprint density at radius 2 is 1.93 bits per heavy atom. The average Bonchev–Trinajstić information content (AvgIpc) is 2.73. The maximum absolute atomic E-state index is 11.2. The molecule has 0 unspecified atom stereocenters. The Morgan fingerprint density at radius 3 is 2.70 bits per heavy atom. The van der Waals surface area contributed by atoms with Crippen LogP contribution in [-0.4, -0.2) is 22.6 Å². The molecular weight excluding hydrogens is 338 g/mol. The minimum atomic E-state index is -0.997. The van der Waals surface area contributed by atoms with Crippen molar-refractivity contribution in [3.05, 3.63) is 83.0 Å². The van der Waals surface area contributed by atoms with Crippen LogP contribution in [0.15, 0.2) is 60.8 Å². The van der Waals surface area contributed by atoms with Gasteiger partial charge in [-0.2, -0.15) is 5.26 Å². The van der Waals surface area contributed by atoms with Crippen LogP contribution in [0.4, 0.5) is 5.69 Å². The molecule has 0 bridgehead atoms. The van der Waals surface area contributed by atoms with Crippen LogP contribution in [0.1, 0.15) is 27.0 Å². The van der Waals surface area contributed by atoms with Crippen LogP contribution >= 0.6 is 0 Å². The van der Waals surface area contributed by atoms with Gasteiger partial charge in [-0.05, 0) is 41.8 Å². The number of rotatable bonds is 3. The second-order valence-corrected chi connectivity index (χ2v) is 6.52. The number of benzene rings is 2. The van der Waals surface area contributed by atoms with E-state index in [0.29, 0.717) is 11.3 Å². The van der Waals surface area contributed by atoms with Gasteiger partial charge < -0.3 is 10.0 Å². The first-order valence-electron chi connectivity index (χ1n) is 8.71. The van der Waals surface area contributed by atoms with Crippen molar-refractivity contribution in [1.29, 1.82) is 5.26 Å². The summed E-state index contributed by atoms with van der Waals surface area (Å²) in [5, 5.41) is 18.8. The number of anilines is 1. The van der Waals surface area contributed by atoms with E-state index in [2.05, 4.69) is 34.2 Å². The van der Waals surface area contributed by atoms with Gasteiger partial charge in [-0.3, -0.25) is 4.98 Å². The zero-order valence-electron chi connectivity index (χ0n) is 14.6. The van der Waals surface area contributed by atoms with Gasteiger partial charge in [0.15, 0.2) is 0 Å². The molecule has 1 aromatic heterocycles. The van der Waals surface area contributed by atoms with Gasteiger partial charge in [0.1, 0.15) is 6.07 Å². The molecule has 2 heterocycles. The number of nitriles is 1. The molecular formula is C22H17N3O2. The fourth-order valence-electron chi connectivity index (χ4n) is 3.48. The van der Waals surface area contributed by atoms with E-state index in [1.165, 1.54) is 29.5 Å². The summed E-state index contributed by atoms with van der Waals surface area (Å²) in [7, 11) is 0. The number of aromatic nitrogens is 1. The summed E-state index contributed by atoms with van der Waals surface area (Å²) in [6.07, 6.45) is 2.42. The molecule has 4 rings (SSSR count). The average molecular weight is 355 g/mol.